The van der Waals surface area contributed by atoms with Crippen LogP contribution in [0.15, 0.2) is 42.5 Å². The Morgan fingerprint density at radius 2 is 1.96 bits per heavy atom. The first-order valence-corrected chi connectivity index (χ1v) is 7.03. The first-order chi connectivity index (χ1) is 11.0. The van der Waals surface area contributed by atoms with Gasteiger partial charge in [0.2, 0.25) is 11.7 Å². The lowest BCUT2D eigenvalue weighted by molar-refractivity contribution is 0.100. The SMILES string of the molecule is NC(=O)c1ccc(-c2nnn(Cc3c(F)cccc3Cl)n2)cc1. The van der Waals surface area contributed by atoms with Crippen molar-refractivity contribution in [2.24, 2.45) is 5.73 Å². The minimum atomic E-state index is -0.512. The molecule has 0 saturated carbocycles. The highest BCUT2D eigenvalue weighted by Crippen LogP contribution is 2.20. The maximum atomic E-state index is 13.8. The van der Waals surface area contributed by atoms with Gasteiger partial charge in [-0.1, -0.05) is 29.8 Å². The smallest absolute Gasteiger partial charge is 0.248 e. The summed E-state index contributed by atoms with van der Waals surface area (Å²) in [5.74, 6) is -0.585. The fourth-order valence-corrected chi connectivity index (χ4v) is 2.26. The van der Waals surface area contributed by atoms with Gasteiger partial charge in [-0.3, -0.25) is 4.79 Å². The first-order valence-electron chi connectivity index (χ1n) is 6.65. The number of nitrogens with zero attached hydrogens (tertiary/aromatic N) is 4. The van der Waals surface area contributed by atoms with E-state index in [9.17, 15) is 9.18 Å². The van der Waals surface area contributed by atoms with E-state index in [2.05, 4.69) is 15.4 Å². The lowest BCUT2D eigenvalue weighted by atomic mass is 10.1. The van der Waals surface area contributed by atoms with E-state index in [1.165, 1.54) is 16.9 Å². The van der Waals surface area contributed by atoms with E-state index in [4.69, 9.17) is 17.3 Å². The standard InChI is InChI=1S/C15H11ClFN5O/c16-12-2-1-3-13(17)11(12)8-22-20-15(19-21-22)10-6-4-9(5-7-10)14(18)23/h1-7H,8H2,(H2,18,23). The molecule has 0 radical (unpaired) electrons. The van der Waals surface area contributed by atoms with E-state index < -0.39 is 11.7 Å². The summed E-state index contributed by atoms with van der Waals surface area (Å²) in [6.07, 6.45) is 0. The van der Waals surface area contributed by atoms with Crippen LogP contribution in [0.1, 0.15) is 15.9 Å². The van der Waals surface area contributed by atoms with Crippen molar-refractivity contribution < 1.29 is 9.18 Å². The Labute approximate surface area is 135 Å². The first kappa shape index (κ1) is 15.1. The van der Waals surface area contributed by atoms with E-state index in [1.54, 1.807) is 30.3 Å². The molecule has 3 aromatic rings. The lowest BCUT2D eigenvalue weighted by Crippen LogP contribution is -2.10. The van der Waals surface area contributed by atoms with Gasteiger partial charge in [0.05, 0.1) is 6.54 Å². The zero-order chi connectivity index (χ0) is 16.4. The molecule has 0 fully saturated rings. The van der Waals surface area contributed by atoms with Crippen LogP contribution in [0.25, 0.3) is 11.4 Å². The molecule has 0 spiro atoms. The molecule has 0 unspecified atom stereocenters. The van der Waals surface area contributed by atoms with E-state index in [0.29, 0.717) is 27.5 Å². The number of amides is 1. The van der Waals surface area contributed by atoms with Crippen molar-refractivity contribution in [3.05, 3.63) is 64.4 Å². The van der Waals surface area contributed by atoms with Crippen molar-refractivity contribution in [1.29, 1.82) is 0 Å². The summed E-state index contributed by atoms with van der Waals surface area (Å²) in [7, 11) is 0. The minimum absolute atomic E-state index is 0.0673. The second kappa shape index (κ2) is 6.13. The Balaban J connectivity index is 1.84. The second-order valence-electron chi connectivity index (χ2n) is 4.79. The predicted molar refractivity (Wildman–Crippen MR) is 82.3 cm³/mol. The van der Waals surface area contributed by atoms with Crippen LogP contribution in [0.2, 0.25) is 5.02 Å². The van der Waals surface area contributed by atoms with E-state index in [0.717, 1.165) is 0 Å². The molecule has 0 atom stereocenters. The number of hydrogen-bond acceptors (Lipinski definition) is 4. The van der Waals surface area contributed by atoms with Crippen LogP contribution in [-0.4, -0.2) is 26.1 Å². The number of benzene rings is 2. The van der Waals surface area contributed by atoms with Crippen LogP contribution in [0, 0.1) is 5.82 Å². The van der Waals surface area contributed by atoms with Gasteiger partial charge in [0, 0.05) is 21.7 Å². The van der Waals surface area contributed by atoms with Gasteiger partial charge in [0.1, 0.15) is 5.82 Å². The van der Waals surface area contributed by atoms with Crippen molar-refractivity contribution in [2.45, 2.75) is 6.54 Å². The summed E-state index contributed by atoms with van der Waals surface area (Å²) < 4.78 is 13.8. The number of halogens is 2. The molecule has 1 amide bonds. The quantitative estimate of drug-likeness (QED) is 0.794. The molecule has 116 valence electrons. The van der Waals surface area contributed by atoms with Gasteiger partial charge in [0.15, 0.2) is 0 Å². The maximum Gasteiger partial charge on any atom is 0.248 e. The molecule has 0 saturated heterocycles. The number of hydrogen-bond donors (Lipinski definition) is 1. The van der Waals surface area contributed by atoms with Crippen LogP contribution in [0.4, 0.5) is 4.39 Å². The average molecular weight is 332 g/mol. The average Bonchev–Trinajstić information content (AvgIpc) is 3.00. The number of primary amides is 1. The van der Waals surface area contributed by atoms with Crippen LogP contribution >= 0.6 is 11.6 Å². The molecule has 0 aliphatic carbocycles. The van der Waals surface area contributed by atoms with Gasteiger partial charge >= 0.3 is 0 Å². The minimum Gasteiger partial charge on any atom is -0.366 e. The zero-order valence-electron chi connectivity index (χ0n) is 11.8. The lowest BCUT2D eigenvalue weighted by Gasteiger charge is -2.03. The molecule has 1 heterocycles. The number of carbonyl (C=O) groups excluding carboxylic acids is 1. The Hall–Kier alpha value is -2.80. The maximum absolute atomic E-state index is 13.8. The van der Waals surface area contributed by atoms with Crippen molar-refractivity contribution in [3.63, 3.8) is 0 Å². The summed E-state index contributed by atoms with van der Waals surface area (Å²) in [6.45, 7) is 0.0673. The van der Waals surface area contributed by atoms with Gasteiger partial charge in [-0.25, -0.2) is 4.39 Å². The van der Waals surface area contributed by atoms with Gasteiger partial charge in [-0.2, -0.15) is 4.80 Å². The largest absolute Gasteiger partial charge is 0.366 e. The Morgan fingerprint density at radius 3 is 2.61 bits per heavy atom. The van der Waals surface area contributed by atoms with Crippen molar-refractivity contribution in [1.82, 2.24) is 20.2 Å². The summed E-state index contributed by atoms with van der Waals surface area (Å²) in [5.41, 5.74) is 6.54. The highest BCUT2D eigenvalue weighted by Gasteiger charge is 2.11. The topological polar surface area (TPSA) is 86.7 Å². The van der Waals surface area contributed by atoms with Crippen molar-refractivity contribution in [3.8, 4) is 11.4 Å². The molecule has 23 heavy (non-hydrogen) atoms. The highest BCUT2D eigenvalue weighted by atomic mass is 35.5. The molecule has 0 aliphatic heterocycles. The zero-order valence-corrected chi connectivity index (χ0v) is 12.5. The molecule has 6 nitrogen and oxygen atoms in total. The fourth-order valence-electron chi connectivity index (χ4n) is 2.03. The van der Waals surface area contributed by atoms with Crippen LogP contribution in [-0.2, 0) is 6.54 Å². The number of carbonyl (C=O) groups is 1. The van der Waals surface area contributed by atoms with Gasteiger partial charge in [0.25, 0.3) is 0 Å². The summed E-state index contributed by atoms with van der Waals surface area (Å²) in [4.78, 5) is 12.3. The summed E-state index contributed by atoms with van der Waals surface area (Å²) >= 11 is 5.98. The number of nitrogens with two attached hydrogens (primary N) is 1. The third kappa shape index (κ3) is 3.19. The van der Waals surface area contributed by atoms with Crippen molar-refractivity contribution in [2.75, 3.05) is 0 Å². The third-order valence-corrected chi connectivity index (χ3v) is 3.60. The molecule has 0 aliphatic rings. The molecule has 3 rings (SSSR count). The normalized spacial score (nSPS) is 10.7. The van der Waals surface area contributed by atoms with E-state index in [-0.39, 0.29) is 6.54 Å². The fraction of sp³-hybridized carbons (Fsp3) is 0.0667. The van der Waals surface area contributed by atoms with E-state index in [1.807, 2.05) is 0 Å². The molecular formula is C15H11ClFN5O. The number of aromatic nitrogens is 4. The Kier molecular flexibility index (Phi) is 4.03. The molecule has 2 N–H and O–H groups in total. The monoisotopic (exact) mass is 331 g/mol. The van der Waals surface area contributed by atoms with Gasteiger partial charge in [-0.05, 0) is 29.5 Å². The van der Waals surface area contributed by atoms with E-state index >= 15 is 0 Å². The van der Waals surface area contributed by atoms with Gasteiger partial charge in [-0.15, -0.1) is 10.2 Å². The Morgan fingerprint density at radius 1 is 1.22 bits per heavy atom. The van der Waals surface area contributed by atoms with Crippen molar-refractivity contribution >= 4 is 17.5 Å². The number of rotatable bonds is 4. The van der Waals surface area contributed by atoms with Crippen LogP contribution in [0.3, 0.4) is 0 Å². The van der Waals surface area contributed by atoms with Gasteiger partial charge < -0.3 is 5.73 Å². The molecule has 2 aromatic carbocycles. The predicted octanol–water partition coefficient (Wildman–Crippen LogP) is 2.28. The van der Waals surface area contributed by atoms with Crippen LogP contribution < -0.4 is 5.73 Å². The number of tetrazole rings is 1. The molecule has 8 heteroatoms. The molecule has 0 bridgehead atoms. The summed E-state index contributed by atoms with van der Waals surface area (Å²) in [5, 5.41) is 12.3. The highest BCUT2D eigenvalue weighted by molar-refractivity contribution is 6.31. The second-order valence-corrected chi connectivity index (χ2v) is 5.19. The Bertz CT molecular complexity index is 842. The molecular weight excluding hydrogens is 321 g/mol. The molecule has 1 aromatic heterocycles. The third-order valence-electron chi connectivity index (χ3n) is 3.24. The van der Waals surface area contributed by atoms with Crippen LogP contribution in [0.5, 0.6) is 0 Å². The summed E-state index contributed by atoms with van der Waals surface area (Å²) in [6, 6.07) is 10.9.